The summed E-state index contributed by atoms with van der Waals surface area (Å²) in [7, 11) is 0. The van der Waals surface area contributed by atoms with E-state index in [-0.39, 0.29) is 5.91 Å². The van der Waals surface area contributed by atoms with Gasteiger partial charge in [-0.1, -0.05) is 35.1 Å². The second-order valence-electron chi connectivity index (χ2n) is 6.88. The number of piperazine rings is 1. The van der Waals surface area contributed by atoms with Gasteiger partial charge in [0.2, 0.25) is 5.91 Å². The van der Waals surface area contributed by atoms with Crippen LogP contribution in [0.3, 0.4) is 0 Å². The van der Waals surface area contributed by atoms with E-state index in [1.54, 1.807) is 13.8 Å². The van der Waals surface area contributed by atoms with Crippen molar-refractivity contribution >= 4 is 39.9 Å². The number of carbonyl (C=O) groups excluding carboxylic acids is 2. The molecule has 7 nitrogen and oxygen atoms in total. The van der Waals surface area contributed by atoms with Gasteiger partial charge in [-0.3, -0.25) is 14.6 Å². The molecule has 0 radical (unpaired) electrons. The van der Waals surface area contributed by atoms with Crippen LogP contribution >= 0.6 is 22.9 Å². The van der Waals surface area contributed by atoms with Crippen LogP contribution < -0.4 is 5.32 Å². The van der Waals surface area contributed by atoms with Crippen molar-refractivity contribution in [2.75, 3.05) is 44.6 Å². The number of amides is 1. The van der Waals surface area contributed by atoms with Crippen LogP contribution in [0.15, 0.2) is 24.3 Å². The predicted molar refractivity (Wildman–Crippen MR) is 115 cm³/mol. The molecule has 0 bridgehead atoms. The lowest BCUT2D eigenvalue weighted by atomic mass is 10.2. The lowest BCUT2D eigenvalue weighted by Gasteiger charge is -2.34. The zero-order valence-electron chi connectivity index (χ0n) is 16.6. The Morgan fingerprint density at radius 2 is 1.97 bits per heavy atom. The van der Waals surface area contributed by atoms with Gasteiger partial charge in [-0.05, 0) is 31.5 Å². The number of nitrogens with zero attached hydrogens (tertiary/aromatic N) is 3. The standard InChI is InChI=1S/C20H25ClN4O3S/c1-3-28-19(27)18-14(2)22-20(29-18)23-17(26)13-25-9-7-24(8-10-25)12-15-5-4-6-16(21)11-15/h4-6,11H,3,7-10,12-13H2,1-2H3,(H,22,23,26). The maximum Gasteiger partial charge on any atom is 0.350 e. The van der Waals surface area contributed by atoms with E-state index in [1.165, 1.54) is 5.56 Å². The number of carbonyl (C=O) groups is 2. The van der Waals surface area contributed by atoms with E-state index in [0.29, 0.717) is 28.9 Å². The van der Waals surface area contributed by atoms with Crippen LogP contribution in [0.4, 0.5) is 5.13 Å². The number of hydrogen-bond acceptors (Lipinski definition) is 7. The number of aromatic nitrogens is 1. The smallest absolute Gasteiger partial charge is 0.350 e. The van der Waals surface area contributed by atoms with Gasteiger partial charge in [-0.2, -0.15) is 0 Å². The first-order valence-electron chi connectivity index (χ1n) is 9.58. The van der Waals surface area contributed by atoms with Gasteiger partial charge in [0.15, 0.2) is 5.13 Å². The lowest BCUT2D eigenvalue weighted by molar-refractivity contribution is -0.117. The van der Waals surface area contributed by atoms with E-state index in [9.17, 15) is 9.59 Å². The first kappa shape index (κ1) is 21.7. The third kappa shape index (κ3) is 6.24. The Morgan fingerprint density at radius 3 is 2.66 bits per heavy atom. The fourth-order valence-corrected chi connectivity index (χ4v) is 4.29. The number of halogens is 1. The second kappa shape index (κ2) is 10.2. The van der Waals surface area contributed by atoms with Gasteiger partial charge >= 0.3 is 5.97 Å². The lowest BCUT2D eigenvalue weighted by Crippen LogP contribution is -2.48. The van der Waals surface area contributed by atoms with Gasteiger partial charge in [0, 0.05) is 37.7 Å². The molecule has 0 atom stereocenters. The van der Waals surface area contributed by atoms with Crippen molar-refractivity contribution in [2.24, 2.45) is 0 Å². The zero-order chi connectivity index (χ0) is 20.8. The molecule has 0 aliphatic carbocycles. The molecular weight excluding hydrogens is 412 g/mol. The monoisotopic (exact) mass is 436 g/mol. The molecule has 1 saturated heterocycles. The third-order valence-electron chi connectivity index (χ3n) is 4.63. The Balaban J connectivity index is 1.45. The Kier molecular flexibility index (Phi) is 7.60. The number of hydrogen-bond donors (Lipinski definition) is 1. The topological polar surface area (TPSA) is 74.8 Å². The minimum Gasteiger partial charge on any atom is -0.462 e. The maximum atomic E-state index is 12.4. The van der Waals surface area contributed by atoms with Crippen molar-refractivity contribution in [3.8, 4) is 0 Å². The Morgan fingerprint density at radius 1 is 1.24 bits per heavy atom. The van der Waals surface area contributed by atoms with Gasteiger partial charge < -0.3 is 10.1 Å². The molecule has 156 valence electrons. The van der Waals surface area contributed by atoms with Crippen molar-refractivity contribution < 1.29 is 14.3 Å². The molecule has 3 rings (SSSR count). The van der Waals surface area contributed by atoms with E-state index < -0.39 is 5.97 Å². The molecule has 1 aliphatic heterocycles. The van der Waals surface area contributed by atoms with Crippen molar-refractivity contribution in [3.05, 3.63) is 45.4 Å². The van der Waals surface area contributed by atoms with Crippen LogP contribution in [0.2, 0.25) is 5.02 Å². The molecule has 9 heteroatoms. The molecule has 0 unspecified atom stereocenters. The van der Waals surface area contributed by atoms with Crippen LogP contribution in [-0.2, 0) is 16.1 Å². The highest BCUT2D eigenvalue weighted by Crippen LogP contribution is 2.23. The van der Waals surface area contributed by atoms with E-state index in [0.717, 1.165) is 49.1 Å². The van der Waals surface area contributed by atoms with E-state index >= 15 is 0 Å². The number of nitrogens with one attached hydrogen (secondary N) is 1. The molecule has 1 aromatic heterocycles. The average Bonchev–Trinajstić information content (AvgIpc) is 3.03. The summed E-state index contributed by atoms with van der Waals surface area (Å²) in [5.41, 5.74) is 1.76. The third-order valence-corrected chi connectivity index (χ3v) is 5.92. The summed E-state index contributed by atoms with van der Waals surface area (Å²) in [5.74, 6) is -0.531. The molecule has 2 heterocycles. The number of benzene rings is 1. The Bertz CT molecular complexity index is 865. The van der Waals surface area contributed by atoms with Crippen LogP contribution in [0, 0.1) is 6.92 Å². The molecule has 29 heavy (non-hydrogen) atoms. The highest BCUT2D eigenvalue weighted by molar-refractivity contribution is 7.17. The molecule has 0 spiro atoms. The highest BCUT2D eigenvalue weighted by Gasteiger charge is 2.21. The quantitative estimate of drug-likeness (QED) is 0.672. The number of thiazole rings is 1. The maximum absolute atomic E-state index is 12.4. The Hall–Kier alpha value is -2.00. The fourth-order valence-electron chi connectivity index (χ4n) is 3.20. The molecule has 1 N–H and O–H groups in total. The molecule has 0 saturated carbocycles. The summed E-state index contributed by atoms with van der Waals surface area (Å²) >= 11 is 7.20. The van der Waals surface area contributed by atoms with E-state index in [1.807, 2.05) is 18.2 Å². The van der Waals surface area contributed by atoms with Crippen molar-refractivity contribution in [3.63, 3.8) is 0 Å². The minimum absolute atomic E-state index is 0.127. The second-order valence-corrected chi connectivity index (χ2v) is 8.32. The van der Waals surface area contributed by atoms with Crippen LogP contribution in [-0.4, -0.2) is 66.0 Å². The molecule has 1 aromatic carbocycles. The van der Waals surface area contributed by atoms with Gasteiger partial charge in [0.1, 0.15) is 4.88 Å². The van der Waals surface area contributed by atoms with Crippen LogP contribution in [0.1, 0.15) is 27.9 Å². The predicted octanol–water partition coefficient (Wildman–Crippen LogP) is 3.04. The van der Waals surface area contributed by atoms with Gasteiger partial charge in [0.25, 0.3) is 0 Å². The van der Waals surface area contributed by atoms with E-state index in [2.05, 4.69) is 26.2 Å². The molecule has 1 amide bonds. The number of rotatable bonds is 7. The van der Waals surface area contributed by atoms with Gasteiger partial charge in [0.05, 0.1) is 18.8 Å². The zero-order valence-corrected chi connectivity index (χ0v) is 18.2. The van der Waals surface area contributed by atoms with Crippen LogP contribution in [0.5, 0.6) is 0 Å². The molecule has 2 aromatic rings. The fraction of sp³-hybridized carbons (Fsp3) is 0.450. The van der Waals surface area contributed by atoms with Gasteiger partial charge in [-0.25, -0.2) is 9.78 Å². The number of esters is 1. The molecule has 1 aliphatic rings. The Labute approximate surface area is 179 Å². The summed E-state index contributed by atoms with van der Waals surface area (Å²) in [5, 5.41) is 3.97. The summed E-state index contributed by atoms with van der Waals surface area (Å²) in [4.78, 5) is 33.4. The van der Waals surface area contributed by atoms with Crippen LogP contribution in [0.25, 0.3) is 0 Å². The normalized spacial score (nSPS) is 15.3. The summed E-state index contributed by atoms with van der Waals surface area (Å²) < 4.78 is 5.01. The first-order valence-corrected chi connectivity index (χ1v) is 10.8. The number of anilines is 1. The largest absolute Gasteiger partial charge is 0.462 e. The average molecular weight is 437 g/mol. The summed E-state index contributed by atoms with van der Waals surface area (Å²) in [6.45, 7) is 8.38. The SMILES string of the molecule is CCOC(=O)c1sc(NC(=O)CN2CCN(Cc3cccc(Cl)c3)CC2)nc1C. The summed E-state index contributed by atoms with van der Waals surface area (Å²) in [6.07, 6.45) is 0. The van der Waals surface area contributed by atoms with Gasteiger partial charge in [-0.15, -0.1) is 0 Å². The number of aryl methyl sites for hydroxylation is 1. The van der Waals surface area contributed by atoms with E-state index in [4.69, 9.17) is 16.3 Å². The highest BCUT2D eigenvalue weighted by atomic mass is 35.5. The molecular formula is C20H25ClN4O3S. The molecule has 1 fully saturated rings. The van der Waals surface area contributed by atoms with Crippen molar-refractivity contribution in [2.45, 2.75) is 20.4 Å². The van der Waals surface area contributed by atoms with Crippen molar-refractivity contribution in [1.29, 1.82) is 0 Å². The summed E-state index contributed by atoms with van der Waals surface area (Å²) in [6, 6.07) is 7.90. The first-order chi connectivity index (χ1) is 13.9. The minimum atomic E-state index is -0.404. The number of ether oxygens (including phenoxy) is 1. The van der Waals surface area contributed by atoms with Crippen molar-refractivity contribution in [1.82, 2.24) is 14.8 Å².